The van der Waals surface area contributed by atoms with E-state index < -0.39 is 11.8 Å². The number of nitriles is 1. The van der Waals surface area contributed by atoms with Crippen molar-refractivity contribution in [3.05, 3.63) is 65.1 Å². The number of anilines is 1. The lowest BCUT2D eigenvalue weighted by Crippen LogP contribution is -2.40. The Balaban J connectivity index is 1.70. The third-order valence-corrected chi connectivity index (χ3v) is 6.95. The second-order valence-corrected chi connectivity index (χ2v) is 9.98. The molecule has 4 aromatic rings. The number of aromatic amines is 1. The predicted molar refractivity (Wildman–Crippen MR) is 139 cm³/mol. The van der Waals surface area contributed by atoms with Crippen LogP contribution in [0.2, 0.25) is 0 Å². The predicted octanol–water partition coefficient (Wildman–Crippen LogP) is 4.99. The van der Waals surface area contributed by atoms with Crippen molar-refractivity contribution in [3.63, 3.8) is 0 Å². The molecule has 4 N–H and O–H groups in total. The second kappa shape index (κ2) is 9.43. The van der Waals surface area contributed by atoms with Gasteiger partial charge in [0.2, 0.25) is 0 Å². The highest BCUT2D eigenvalue weighted by Gasteiger charge is 2.53. The lowest BCUT2D eigenvalue weighted by atomic mass is 9.93. The fraction of sp³-hybridized carbons (Fsp3) is 0.333. The molecule has 1 atom stereocenters. The van der Waals surface area contributed by atoms with E-state index in [0.717, 1.165) is 23.8 Å². The lowest BCUT2D eigenvalue weighted by Gasteiger charge is -2.26. The summed E-state index contributed by atoms with van der Waals surface area (Å²) in [6, 6.07) is 12.4. The molecule has 1 fully saturated rings. The minimum absolute atomic E-state index is 0.0211. The van der Waals surface area contributed by atoms with Crippen LogP contribution in [0.1, 0.15) is 42.3 Å². The summed E-state index contributed by atoms with van der Waals surface area (Å²) in [6.07, 6.45) is -1.17. The normalized spacial score (nSPS) is 15.1. The Morgan fingerprint density at radius 3 is 2.46 bits per heavy atom. The molecular formula is C27H27F3N8O. The first kappa shape index (κ1) is 26.2. The first-order valence-corrected chi connectivity index (χ1v) is 12.4. The van der Waals surface area contributed by atoms with Crippen LogP contribution in [-0.2, 0) is 12.1 Å². The van der Waals surface area contributed by atoms with Crippen LogP contribution in [0.4, 0.5) is 19.0 Å². The van der Waals surface area contributed by atoms with Crippen molar-refractivity contribution in [1.82, 2.24) is 29.5 Å². The van der Waals surface area contributed by atoms with Crippen LogP contribution in [-0.4, -0.2) is 40.8 Å². The molecule has 12 heteroatoms. The van der Waals surface area contributed by atoms with E-state index in [2.05, 4.69) is 21.1 Å². The van der Waals surface area contributed by atoms with Crippen molar-refractivity contribution in [3.8, 4) is 23.1 Å². The van der Waals surface area contributed by atoms with Gasteiger partial charge in [-0.3, -0.25) is 0 Å². The van der Waals surface area contributed by atoms with Crippen molar-refractivity contribution < 1.29 is 18.3 Å². The number of aryl methyl sites for hydroxylation is 1. The molecule has 0 spiro atoms. The number of nitrogen functional groups attached to an aromatic ring is 1. The zero-order chi connectivity index (χ0) is 28.1. The maximum absolute atomic E-state index is 13.6. The minimum atomic E-state index is -4.90. The molecule has 1 aliphatic carbocycles. The van der Waals surface area contributed by atoms with Gasteiger partial charge in [0, 0.05) is 41.0 Å². The molecule has 5 rings (SSSR count). The molecule has 3 aromatic heterocycles. The number of rotatable bonds is 5. The van der Waals surface area contributed by atoms with E-state index in [1.54, 1.807) is 18.2 Å². The van der Waals surface area contributed by atoms with Gasteiger partial charge in [0.1, 0.15) is 17.2 Å². The quantitative estimate of drug-likeness (QED) is 0.329. The number of aliphatic hydroxyl groups is 1. The van der Waals surface area contributed by atoms with E-state index in [1.165, 1.54) is 30.8 Å². The van der Waals surface area contributed by atoms with E-state index in [0.29, 0.717) is 36.3 Å². The molecule has 0 bridgehead atoms. The molecule has 1 unspecified atom stereocenters. The van der Waals surface area contributed by atoms with Gasteiger partial charge < -0.3 is 15.8 Å². The van der Waals surface area contributed by atoms with E-state index >= 15 is 0 Å². The number of H-pyrrole nitrogens is 1. The Morgan fingerprint density at radius 1 is 1.15 bits per heavy atom. The van der Waals surface area contributed by atoms with Gasteiger partial charge in [0.25, 0.3) is 0 Å². The number of fused-ring (bicyclic) bond motifs is 1. The van der Waals surface area contributed by atoms with E-state index in [1.807, 2.05) is 16.8 Å². The first-order chi connectivity index (χ1) is 18.4. The molecule has 1 aromatic carbocycles. The lowest BCUT2D eigenvalue weighted by molar-refractivity contribution is -0.259. The first-order valence-electron chi connectivity index (χ1n) is 12.4. The number of hydrogen-bond acceptors (Lipinski definition) is 6. The molecule has 3 heterocycles. The SMILES string of the molecule is Cc1nn(-c2cc(N)[nH]c3c(ccn2)c(-c2ccc(C#N)cc2)nn3CC2CC2)c(C)c1C(C)(O)C(F)(F)F. The van der Waals surface area contributed by atoms with Crippen molar-refractivity contribution >= 4 is 16.9 Å². The summed E-state index contributed by atoms with van der Waals surface area (Å²) in [4.78, 5) is 7.66. The largest absolute Gasteiger partial charge is 0.421 e. The Labute approximate surface area is 222 Å². The summed E-state index contributed by atoms with van der Waals surface area (Å²) in [5.41, 5.74) is 5.67. The number of hydrogen-bond donors (Lipinski definition) is 3. The molecule has 0 radical (unpaired) electrons. The van der Waals surface area contributed by atoms with Crippen molar-refractivity contribution in [1.29, 1.82) is 5.26 Å². The minimum Gasteiger partial charge on any atom is -0.385 e. The molecule has 39 heavy (non-hydrogen) atoms. The van der Waals surface area contributed by atoms with Gasteiger partial charge in [-0.05, 0) is 57.7 Å². The maximum atomic E-state index is 13.6. The van der Waals surface area contributed by atoms with Crippen LogP contribution in [0.3, 0.4) is 0 Å². The monoisotopic (exact) mass is 536 g/mol. The van der Waals surface area contributed by atoms with Crippen LogP contribution >= 0.6 is 0 Å². The molecule has 0 saturated heterocycles. The van der Waals surface area contributed by atoms with Gasteiger partial charge >= 0.3 is 6.18 Å². The van der Waals surface area contributed by atoms with Gasteiger partial charge in [0.15, 0.2) is 11.4 Å². The fourth-order valence-electron chi connectivity index (χ4n) is 4.72. The molecule has 0 amide bonds. The molecule has 9 nitrogen and oxygen atoms in total. The highest BCUT2D eigenvalue weighted by Crippen LogP contribution is 2.41. The average molecular weight is 537 g/mol. The molecule has 1 aliphatic rings. The summed E-state index contributed by atoms with van der Waals surface area (Å²) in [5, 5.41) is 29.3. The molecule has 0 aliphatic heterocycles. The highest BCUT2D eigenvalue weighted by molar-refractivity contribution is 5.91. The number of nitrogens with two attached hydrogens (primary N) is 1. The van der Waals surface area contributed by atoms with Crippen molar-refractivity contribution in [2.75, 3.05) is 5.73 Å². The summed E-state index contributed by atoms with van der Waals surface area (Å²) >= 11 is 0. The Bertz CT molecular complexity index is 1650. The van der Waals surface area contributed by atoms with Crippen molar-refractivity contribution in [2.45, 2.75) is 51.9 Å². The number of halogens is 3. The number of aromatic nitrogens is 6. The van der Waals surface area contributed by atoms with E-state index in [-0.39, 0.29) is 28.6 Å². The maximum Gasteiger partial charge on any atom is 0.421 e. The van der Waals surface area contributed by atoms with E-state index in [9.17, 15) is 18.3 Å². The van der Waals surface area contributed by atoms with Gasteiger partial charge in [-0.2, -0.15) is 28.6 Å². The number of alkyl halides is 3. The summed E-state index contributed by atoms with van der Waals surface area (Å²) in [5.74, 6) is 0.847. The topological polar surface area (TPSA) is 134 Å². The van der Waals surface area contributed by atoms with Gasteiger partial charge in [-0.1, -0.05) is 12.1 Å². The van der Waals surface area contributed by atoms with Crippen LogP contribution in [0.15, 0.2) is 42.6 Å². The third kappa shape index (κ3) is 4.81. The Morgan fingerprint density at radius 2 is 1.85 bits per heavy atom. The van der Waals surface area contributed by atoms with E-state index in [4.69, 9.17) is 16.1 Å². The smallest absolute Gasteiger partial charge is 0.385 e. The van der Waals surface area contributed by atoms with Crippen molar-refractivity contribution in [2.24, 2.45) is 5.92 Å². The van der Waals surface area contributed by atoms with Gasteiger partial charge in [-0.25, -0.2) is 14.3 Å². The highest BCUT2D eigenvalue weighted by atomic mass is 19.4. The summed E-state index contributed by atoms with van der Waals surface area (Å²) in [7, 11) is 0. The number of nitrogens with zero attached hydrogens (tertiary/aromatic N) is 6. The average Bonchev–Trinajstić information content (AvgIpc) is 3.54. The zero-order valence-electron chi connectivity index (χ0n) is 21.6. The van der Waals surface area contributed by atoms with Crippen LogP contribution < -0.4 is 5.73 Å². The summed E-state index contributed by atoms with van der Waals surface area (Å²) < 4.78 is 44.0. The Hall–Kier alpha value is -4.37. The van der Waals surface area contributed by atoms with Crippen LogP contribution in [0, 0.1) is 31.1 Å². The number of benzene rings is 1. The van der Waals surface area contributed by atoms with Crippen LogP contribution in [0.5, 0.6) is 0 Å². The van der Waals surface area contributed by atoms with Gasteiger partial charge in [0.05, 0.1) is 17.3 Å². The number of nitrogens with one attached hydrogen (secondary N) is 1. The Kier molecular flexibility index (Phi) is 6.34. The van der Waals surface area contributed by atoms with Gasteiger partial charge in [-0.15, -0.1) is 0 Å². The molecule has 1 saturated carbocycles. The fourth-order valence-corrected chi connectivity index (χ4v) is 4.72. The third-order valence-electron chi connectivity index (χ3n) is 6.95. The second-order valence-electron chi connectivity index (χ2n) is 9.98. The zero-order valence-corrected chi connectivity index (χ0v) is 21.6. The summed E-state index contributed by atoms with van der Waals surface area (Å²) in [6.45, 7) is 4.24. The molecule has 202 valence electrons. The molecular weight excluding hydrogens is 509 g/mol. The standard InChI is InChI=1S/C27H27F3N8O/c1-15-23(26(3,39)27(28,29)30)16(2)38(35-15)22-12-21(32)34-25-20(10-11-33-22)24(36-37(25)14-18-4-5-18)19-8-6-17(13-31)7-9-19/h6-12,18,34,39H,4-5,14,32H2,1-3H3. The van der Waals surface area contributed by atoms with Crippen LogP contribution in [0.25, 0.3) is 28.1 Å².